The van der Waals surface area contributed by atoms with Gasteiger partial charge in [0.15, 0.2) is 0 Å². The van der Waals surface area contributed by atoms with Gasteiger partial charge in [0.25, 0.3) is 0 Å². The van der Waals surface area contributed by atoms with Gasteiger partial charge >= 0.3 is 0 Å². The highest BCUT2D eigenvalue weighted by Crippen LogP contribution is 2.05. The first-order chi connectivity index (χ1) is 7.79. The Balaban J connectivity index is 0. The summed E-state index contributed by atoms with van der Waals surface area (Å²) in [7, 11) is 0. The monoisotopic (exact) mass is 218 g/mol. The summed E-state index contributed by atoms with van der Waals surface area (Å²) in [6.45, 7) is 14.0. The van der Waals surface area contributed by atoms with E-state index in [1.807, 2.05) is 52.0 Å². The molecular formula is C16H26. The van der Waals surface area contributed by atoms with Crippen molar-refractivity contribution >= 4 is 0 Å². The Labute approximate surface area is 102 Å². The lowest BCUT2D eigenvalue weighted by molar-refractivity contribution is 1.21. The summed E-state index contributed by atoms with van der Waals surface area (Å²) in [6, 6.07) is 0. The van der Waals surface area contributed by atoms with E-state index in [4.69, 9.17) is 0 Å². The molecule has 0 N–H and O–H groups in total. The van der Waals surface area contributed by atoms with Crippen LogP contribution in [0, 0.1) is 0 Å². The van der Waals surface area contributed by atoms with Crippen molar-refractivity contribution in [3.63, 3.8) is 0 Å². The molecule has 0 aromatic rings. The van der Waals surface area contributed by atoms with Gasteiger partial charge in [-0.15, -0.1) is 0 Å². The molecule has 1 rings (SSSR count). The molecule has 0 spiro atoms. The van der Waals surface area contributed by atoms with Crippen molar-refractivity contribution in [2.45, 2.75) is 41.0 Å². The highest BCUT2D eigenvalue weighted by atomic mass is 13.9. The summed E-state index contributed by atoms with van der Waals surface area (Å²) < 4.78 is 0. The number of hydrogen-bond donors (Lipinski definition) is 0. The second-order valence-corrected chi connectivity index (χ2v) is 2.94. The maximum Gasteiger partial charge on any atom is -0.0135 e. The first kappa shape index (κ1) is 17.1. The molecule has 0 aliphatic heterocycles. The summed E-state index contributed by atoms with van der Waals surface area (Å²) in [5, 5.41) is 0. The van der Waals surface area contributed by atoms with E-state index in [0.717, 1.165) is 12.0 Å². The van der Waals surface area contributed by atoms with Crippen molar-refractivity contribution in [3.8, 4) is 0 Å². The van der Waals surface area contributed by atoms with E-state index in [0.29, 0.717) is 0 Å². The van der Waals surface area contributed by atoms with Gasteiger partial charge < -0.3 is 0 Å². The van der Waals surface area contributed by atoms with Crippen LogP contribution in [0.4, 0.5) is 0 Å². The van der Waals surface area contributed by atoms with Crippen LogP contribution < -0.4 is 0 Å². The average Bonchev–Trinajstić information content (AvgIpc) is 2.34. The van der Waals surface area contributed by atoms with Crippen LogP contribution in [0.1, 0.15) is 41.0 Å². The molecule has 0 aromatic carbocycles. The highest BCUT2D eigenvalue weighted by molar-refractivity contribution is 5.33. The minimum atomic E-state index is 1.03. The molecule has 0 nitrogen and oxygen atoms in total. The molecule has 0 amide bonds. The normalized spacial score (nSPS) is 23.3. The summed E-state index contributed by atoms with van der Waals surface area (Å²) in [5.41, 5.74) is 2.40. The zero-order chi connectivity index (χ0) is 12.8. The van der Waals surface area contributed by atoms with Gasteiger partial charge in [-0.3, -0.25) is 0 Å². The van der Waals surface area contributed by atoms with E-state index in [9.17, 15) is 0 Å². The Morgan fingerprint density at radius 2 is 1.50 bits per heavy atom. The van der Waals surface area contributed by atoms with E-state index < -0.39 is 0 Å². The van der Waals surface area contributed by atoms with Gasteiger partial charge in [0.05, 0.1) is 0 Å². The van der Waals surface area contributed by atoms with Gasteiger partial charge in [0.1, 0.15) is 0 Å². The van der Waals surface area contributed by atoms with Gasteiger partial charge in [0.2, 0.25) is 0 Å². The quantitative estimate of drug-likeness (QED) is 0.495. The van der Waals surface area contributed by atoms with Gasteiger partial charge in [-0.2, -0.15) is 0 Å². The molecule has 0 heterocycles. The molecule has 16 heavy (non-hydrogen) atoms. The van der Waals surface area contributed by atoms with Gasteiger partial charge in [-0.25, -0.2) is 0 Å². The smallest absolute Gasteiger partial charge is 0.0135 e. The summed E-state index contributed by atoms with van der Waals surface area (Å²) in [5.74, 6) is 0. The zero-order valence-corrected chi connectivity index (χ0v) is 11.5. The predicted molar refractivity (Wildman–Crippen MR) is 77.6 cm³/mol. The van der Waals surface area contributed by atoms with Crippen molar-refractivity contribution in [1.29, 1.82) is 0 Å². The van der Waals surface area contributed by atoms with E-state index in [1.165, 1.54) is 5.57 Å². The van der Waals surface area contributed by atoms with Gasteiger partial charge in [-0.05, 0) is 18.9 Å². The lowest BCUT2D eigenvalue weighted by atomic mass is 10.1. The maximum absolute atomic E-state index is 3.88. The second kappa shape index (κ2) is 13.7. The third-order valence-corrected chi connectivity index (χ3v) is 1.69. The van der Waals surface area contributed by atoms with Crippen LogP contribution >= 0.6 is 0 Å². The number of hydrogen-bond acceptors (Lipinski definition) is 0. The molecule has 0 unspecified atom stereocenters. The van der Waals surface area contributed by atoms with Crippen molar-refractivity contribution < 1.29 is 0 Å². The molecule has 0 fully saturated rings. The van der Waals surface area contributed by atoms with E-state index in [-0.39, 0.29) is 0 Å². The Hall–Kier alpha value is -1.30. The van der Waals surface area contributed by atoms with Crippen LogP contribution in [0.5, 0.6) is 0 Å². The Kier molecular flexibility index (Phi) is 14.6. The van der Waals surface area contributed by atoms with Gasteiger partial charge in [-0.1, -0.05) is 82.4 Å². The number of rotatable bonds is 0. The van der Waals surface area contributed by atoms with Gasteiger partial charge in [0, 0.05) is 0 Å². The fraction of sp³-hybridized carbons (Fsp3) is 0.375. The molecule has 0 saturated carbocycles. The maximum atomic E-state index is 3.88. The molecule has 1 aliphatic carbocycles. The molecule has 0 saturated heterocycles. The molecular weight excluding hydrogens is 192 g/mol. The molecule has 0 heteroatoms. The topological polar surface area (TPSA) is 0 Å². The van der Waals surface area contributed by atoms with Crippen LogP contribution in [0.2, 0.25) is 0 Å². The summed E-state index contributed by atoms with van der Waals surface area (Å²) in [4.78, 5) is 0. The van der Waals surface area contributed by atoms with Crippen molar-refractivity contribution in [2.24, 2.45) is 0 Å². The van der Waals surface area contributed by atoms with E-state index >= 15 is 0 Å². The molecule has 0 radical (unpaired) electrons. The van der Waals surface area contributed by atoms with Crippen LogP contribution in [0.3, 0.4) is 0 Å². The molecule has 0 bridgehead atoms. The number of allylic oxidation sites excluding steroid dienone is 9. The Morgan fingerprint density at radius 1 is 0.938 bits per heavy atom. The molecule has 0 aromatic heterocycles. The minimum absolute atomic E-state index is 1.03. The average molecular weight is 218 g/mol. The molecule has 90 valence electrons. The second-order valence-electron chi connectivity index (χ2n) is 2.94. The fourth-order valence-electron chi connectivity index (χ4n) is 0.971. The highest BCUT2D eigenvalue weighted by Gasteiger charge is 1.84. The van der Waals surface area contributed by atoms with Crippen LogP contribution in [0.25, 0.3) is 0 Å². The van der Waals surface area contributed by atoms with Crippen LogP contribution in [-0.4, -0.2) is 0 Å². The minimum Gasteiger partial charge on any atom is -0.0918 e. The van der Waals surface area contributed by atoms with E-state index in [2.05, 4.69) is 31.7 Å². The lowest BCUT2D eigenvalue weighted by Gasteiger charge is -1.94. The first-order valence-corrected chi connectivity index (χ1v) is 6.15. The third kappa shape index (κ3) is 10.8. The summed E-state index contributed by atoms with van der Waals surface area (Å²) in [6.07, 6.45) is 15.4. The molecule has 0 atom stereocenters. The first-order valence-electron chi connectivity index (χ1n) is 6.15. The Morgan fingerprint density at radius 3 is 2.12 bits per heavy atom. The fourth-order valence-corrected chi connectivity index (χ4v) is 0.971. The largest absolute Gasteiger partial charge is 0.0918 e. The zero-order valence-electron chi connectivity index (χ0n) is 11.5. The summed E-state index contributed by atoms with van der Waals surface area (Å²) >= 11 is 0. The van der Waals surface area contributed by atoms with Crippen LogP contribution in [0.15, 0.2) is 60.3 Å². The van der Waals surface area contributed by atoms with Crippen LogP contribution in [-0.2, 0) is 0 Å². The Bertz CT molecular complexity index is 272. The predicted octanol–water partition coefficient (Wildman–Crippen LogP) is 5.61. The lowest BCUT2D eigenvalue weighted by Crippen LogP contribution is -1.73. The van der Waals surface area contributed by atoms with Crippen molar-refractivity contribution in [1.82, 2.24) is 0 Å². The molecule has 1 aliphatic rings. The SMILES string of the molecule is C=C1/C=C\C=C/C/C(C)=C\C=C/1.CC.CC. The standard InChI is InChI=1S/C12H14.2C2H6/c1-11-7-4-3-5-8-12(2)10-6-9-11;2*1-2/h3-7,9-10H,1,8H2,2H3;2*1-2H3/b5-3-,7-4-,9-6-,12-10-;;. The van der Waals surface area contributed by atoms with Crippen molar-refractivity contribution in [3.05, 3.63) is 60.3 Å². The third-order valence-electron chi connectivity index (χ3n) is 1.69. The van der Waals surface area contributed by atoms with E-state index in [1.54, 1.807) is 0 Å². The van der Waals surface area contributed by atoms with Crippen molar-refractivity contribution in [2.75, 3.05) is 0 Å².